The van der Waals surface area contributed by atoms with E-state index in [1.807, 2.05) is 25.2 Å². The number of likely N-dealkylation sites (tertiary alicyclic amines) is 1. The van der Waals surface area contributed by atoms with Gasteiger partial charge in [-0.15, -0.1) is 0 Å². The van der Waals surface area contributed by atoms with Crippen molar-refractivity contribution in [2.75, 3.05) is 40.4 Å². The molecule has 0 bridgehead atoms. The summed E-state index contributed by atoms with van der Waals surface area (Å²) in [6, 6.07) is 20.8. The molecule has 1 heterocycles. The van der Waals surface area contributed by atoms with Crippen LogP contribution in [0.3, 0.4) is 0 Å². The summed E-state index contributed by atoms with van der Waals surface area (Å²) in [6.45, 7) is 4.53. The van der Waals surface area contributed by atoms with Gasteiger partial charge in [-0.05, 0) is 72.1 Å². The maximum Gasteiger partial charge on any atom is 0.251 e. The molecule has 6 heteroatoms. The van der Waals surface area contributed by atoms with Crippen LogP contribution in [0, 0.1) is 0 Å². The predicted molar refractivity (Wildman–Crippen MR) is 136 cm³/mol. The number of fused-ring (bicyclic) bond motifs is 1. The molecule has 180 valence electrons. The molecule has 0 aliphatic carbocycles. The van der Waals surface area contributed by atoms with E-state index >= 15 is 0 Å². The minimum atomic E-state index is -0.0349. The zero-order chi connectivity index (χ0) is 23.9. The van der Waals surface area contributed by atoms with Crippen molar-refractivity contribution in [3.8, 4) is 5.75 Å². The Bertz CT molecular complexity index is 1110. The maximum absolute atomic E-state index is 12.6. The summed E-state index contributed by atoms with van der Waals surface area (Å²) in [6.07, 6.45) is 1.90. The maximum atomic E-state index is 12.6. The van der Waals surface area contributed by atoms with E-state index in [0.29, 0.717) is 17.9 Å². The quantitative estimate of drug-likeness (QED) is 0.509. The lowest BCUT2D eigenvalue weighted by Crippen LogP contribution is -2.44. The number of piperidine rings is 1. The molecule has 1 fully saturated rings. The van der Waals surface area contributed by atoms with Crippen LogP contribution >= 0.6 is 0 Å². The molecule has 1 amide bonds. The SMILES string of the molecule is COc1cccc(C(=O)NC2CCN(Cc3ccc4ccc(CN(C)CCO)cc4c3)CC2)c1. The molecule has 0 unspecified atom stereocenters. The van der Waals surface area contributed by atoms with Crippen molar-refractivity contribution < 1.29 is 14.6 Å². The van der Waals surface area contributed by atoms with Gasteiger partial charge in [0.05, 0.1) is 13.7 Å². The van der Waals surface area contributed by atoms with Gasteiger partial charge in [0.2, 0.25) is 0 Å². The van der Waals surface area contributed by atoms with Gasteiger partial charge >= 0.3 is 0 Å². The van der Waals surface area contributed by atoms with Crippen molar-refractivity contribution in [1.29, 1.82) is 0 Å². The Kier molecular flexibility index (Phi) is 8.16. The molecule has 2 N–H and O–H groups in total. The number of methoxy groups -OCH3 is 1. The van der Waals surface area contributed by atoms with E-state index in [2.05, 4.69) is 51.5 Å². The first kappa shape index (κ1) is 24.2. The Hall–Kier alpha value is -2.93. The normalized spacial score (nSPS) is 15.1. The second-order valence-electron chi connectivity index (χ2n) is 9.23. The van der Waals surface area contributed by atoms with Crippen molar-refractivity contribution in [2.45, 2.75) is 32.0 Å². The van der Waals surface area contributed by atoms with Gasteiger partial charge in [-0.2, -0.15) is 0 Å². The third kappa shape index (κ3) is 6.35. The van der Waals surface area contributed by atoms with E-state index < -0.39 is 0 Å². The van der Waals surface area contributed by atoms with Gasteiger partial charge in [0.1, 0.15) is 5.75 Å². The number of amides is 1. The molecule has 0 radical (unpaired) electrons. The van der Waals surface area contributed by atoms with Crippen LogP contribution in [0.25, 0.3) is 10.8 Å². The molecular weight excluding hydrogens is 426 g/mol. The Morgan fingerprint density at radius 2 is 1.79 bits per heavy atom. The number of likely N-dealkylation sites (N-methyl/N-ethyl adjacent to an activating group) is 1. The summed E-state index contributed by atoms with van der Waals surface area (Å²) in [5.41, 5.74) is 3.21. The van der Waals surface area contributed by atoms with Crippen molar-refractivity contribution in [3.05, 3.63) is 77.4 Å². The molecule has 1 aliphatic heterocycles. The summed E-state index contributed by atoms with van der Waals surface area (Å²) < 4.78 is 5.23. The van der Waals surface area contributed by atoms with Crippen molar-refractivity contribution >= 4 is 16.7 Å². The van der Waals surface area contributed by atoms with Crippen LogP contribution in [-0.4, -0.2) is 67.3 Å². The molecule has 0 spiro atoms. The number of hydrogen-bond acceptors (Lipinski definition) is 5. The van der Waals surface area contributed by atoms with Crippen LogP contribution < -0.4 is 10.1 Å². The number of benzene rings is 3. The summed E-state index contributed by atoms with van der Waals surface area (Å²) >= 11 is 0. The van der Waals surface area contributed by atoms with Gasteiger partial charge in [0, 0.05) is 44.3 Å². The molecule has 4 rings (SSSR count). The van der Waals surface area contributed by atoms with Crippen LogP contribution in [0.1, 0.15) is 34.3 Å². The molecule has 6 nitrogen and oxygen atoms in total. The van der Waals surface area contributed by atoms with Crippen LogP contribution in [0.5, 0.6) is 5.75 Å². The lowest BCUT2D eigenvalue weighted by atomic mass is 10.0. The summed E-state index contributed by atoms with van der Waals surface area (Å²) in [5.74, 6) is 0.662. The number of aliphatic hydroxyl groups excluding tert-OH is 1. The number of carbonyl (C=O) groups is 1. The molecule has 1 aliphatic rings. The first-order chi connectivity index (χ1) is 16.5. The van der Waals surface area contributed by atoms with E-state index in [4.69, 9.17) is 9.84 Å². The van der Waals surface area contributed by atoms with Gasteiger partial charge in [0.15, 0.2) is 0 Å². The van der Waals surface area contributed by atoms with Crippen molar-refractivity contribution in [1.82, 2.24) is 15.1 Å². The standard InChI is InChI=1S/C28H35N3O3/c1-30(14-15-32)19-21-6-8-23-9-7-22(17-25(23)16-21)20-31-12-10-26(11-13-31)29-28(33)24-4-3-5-27(18-24)34-2/h3-9,16-18,26,32H,10-15,19-20H2,1-2H3,(H,29,33). The van der Waals surface area contributed by atoms with Gasteiger partial charge in [-0.3, -0.25) is 14.6 Å². The summed E-state index contributed by atoms with van der Waals surface area (Å²) in [7, 11) is 3.64. The lowest BCUT2D eigenvalue weighted by Gasteiger charge is -2.32. The molecular formula is C28H35N3O3. The zero-order valence-electron chi connectivity index (χ0n) is 20.2. The number of rotatable bonds is 9. The lowest BCUT2D eigenvalue weighted by molar-refractivity contribution is 0.0908. The monoisotopic (exact) mass is 461 g/mol. The molecule has 0 aromatic heterocycles. The van der Waals surface area contributed by atoms with E-state index in [1.165, 1.54) is 21.9 Å². The summed E-state index contributed by atoms with van der Waals surface area (Å²) in [4.78, 5) is 17.2. The first-order valence-electron chi connectivity index (χ1n) is 12.0. The highest BCUT2D eigenvalue weighted by molar-refractivity contribution is 5.94. The highest BCUT2D eigenvalue weighted by Gasteiger charge is 2.21. The van der Waals surface area contributed by atoms with Crippen LogP contribution in [0.4, 0.5) is 0 Å². The van der Waals surface area contributed by atoms with Gasteiger partial charge in [0.25, 0.3) is 5.91 Å². The van der Waals surface area contributed by atoms with E-state index in [-0.39, 0.29) is 18.6 Å². The minimum absolute atomic E-state index is 0.0349. The van der Waals surface area contributed by atoms with Crippen molar-refractivity contribution in [2.24, 2.45) is 0 Å². The number of hydrogen-bond donors (Lipinski definition) is 2. The zero-order valence-corrected chi connectivity index (χ0v) is 20.2. The fraction of sp³-hybridized carbons (Fsp3) is 0.393. The number of nitrogens with zero attached hydrogens (tertiary/aromatic N) is 2. The molecule has 3 aromatic rings. The van der Waals surface area contributed by atoms with Crippen LogP contribution in [0.15, 0.2) is 60.7 Å². The highest BCUT2D eigenvalue weighted by Crippen LogP contribution is 2.21. The van der Waals surface area contributed by atoms with Crippen molar-refractivity contribution in [3.63, 3.8) is 0 Å². The van der Waals surface area contributed by atoms with Crippen LogP contribution in [0.2, 0.25) is 0 Å². The molecule has 0 saturated carbocycles. The largest absolute Gasteiger partial charge is 0.497 e. The van der Waals surface area contributed by atoms with Gasteiger partial charge < -0.3 is 15.2 Å². The Morgan fingerprint density at radius 1 is 1.06 bits per heavy atom. The van der Waals surface area contributed by atoms with Gasteiger partial charge in [-0.1, -0.05) is 30.3 Å². The molecule has 3 aromatic carbocycles. The fourth-order valence-corrected chi connectivity index (χ4v) is 4.63. The van der Waals surface area contributed by atoms with Gasteiger partial charge in [-0.25, -0.2) is 0 Å². The topological polar surface area (TPSA) is 65.0 Å². The number of nitrogens with one attached hydrogen (secondary N) is 1. The molecule has 0 atom stereocenters. The highest BCUT2D eigenvalue weighted by atomic mass is 16.5. The van der Waals surface area contributed by atoms with Crippen LogP contribution in [-0.2, 0) is 13.1 Å². The minimum Gasteiger partial charge on any atom is -0.497 e. The first-order valence-corrected chi connectivity index (χ1v) is 12.0. The Labute approximate surface area is 202 Å². The predicted octanol–water partition coefficient (Wildman–Crippen LogP) is 3.67. The average Bonchev–Trinajstić information content (AvgIpc) is 2.85. The second-order valence-corrected chi connectivity index (χ2v) is 9.23. The third-order valence-electron chi connectivity index (χ3n) is 6.56. The smallest absolute Gasteiger partial charge is 0.251 e. The fourth-order valence-electron chi connectivity index (χ4n) is 4.63. The number of ether oxygens (including phenoxy) is 1. The van der Waals surface area contributed by atoms with E-state index in [1.54, 1.807) is 13.2 Å². The second kappa shape index (κ2) is 11.5. The third-order valence-corrected chi connectivity index (χ3v) is 6.56. The van der Waals surface area contributed by atoms with E-state index in [0.717, 1.165) is 39.0 Å². The molecule has 1 saturated heterocycles. The number of aliphatic hydroxyl groups is 1. The van der Waals surface area contributed by atoms with E-state index in [9.17, 15) is 4.79 Å². The molecule has 34 heavy (non-hydrogen) atoms. The average molecular weight is 462 g/mol. The Balaban J connectivity index is 1.31. The Morgan fingerprint density at radius 3 is 2.53 bits per heavy atom. The summed E-state index contributed by atoms with van der Waals surface area (Å²) in [5, 5.41) is 14.8. The number of carbonyl (C=O) groups excluding carboxylic acids is 1.